The van der Waals surface area contributed by atoms with Gasteiger partial charge in [-0.1, -0.05) is 54.1 Å². The highest BCUT2D eigenvalue weighted by molar-refractivity contribution is 6.09. The molecule has 0 atom stereocenters. The Morgan fingerprint density at radius 2 is 1.52 bits per heavy atom. The molecule has 0 fully saturated rings. The van der Waals surface area contributed by atoms with Gasteiger partial charge in [-0.15, -0.1) is 0 Å². The lowest BCUT2D eigenvalue weighted by atomic mass is 9.93. The largest absolute Gasteiger partial charge is 0.366 e. The van der Waals surface area contributed by atoms with Crippen molar-refractivity contribution in [2.45, 2.75) is 41.2 Å². The lowest BCUT2D eigenvalue weighted by molar-refractivity contribution is 0.832. The molecule has 5 rings (SSSR count). The molecule has 5 aromatic rings. The summed E-state index contributed by atoms with van der Waals surface area (Å²) >= 11 is 0. The van der Waals surface area contributed by atoms with Gasteiger partial charge in [0.2, 0.25) is 0 Å². The molecule has 0 spiro atoms. The van der Waals surface area contributed by atoms with Crippen LogP contribution in [0.1, 0.15) is 34.9 Å². The molecule has 3 heteroatoms. The van der Waals surface area contributed by atoms with Crippen molar-refractivity contribution in [1.82, 2.24) is 9.38 Å². The zero-order valence-corrected chi connectivity index (χ0v) is 20.2. The van der Waals surface area contributed by atoms with E-state index in [9.17, 15) is 0 Å². The fraction of sp³-hybridized carbons (Fsp3) is 0.233. The predicted octanol–water partition coefficient (Wildman–Crippen LogP) is 7.41. The highest BCUT2D eigenvalue weighted by atomic mass is 15.1. The first-order valence-electron chi connectivity index (χ1n) is 11.8. The number of anilines is 1. The zero-order valence-electron chi connectivity index (χ0n) is 20.2. The van der Waals surface area contributed by atoms with Crippen molar-refractivity contribution >= 4 is 22.2 Å². The minimum Gasteiger partial charge on any atom is -0.366 e. The molecule has 0 saturated carbocycles. The second-order valence-electron chi connectivity index (χ2n) is 9.08. The summed E-state index contributed by atoms with van der Waals surface area (Å²) in [5.41, 5.74) is 13.5. The lowest BCUT2D eigenvalue weighted by Crippen LogP contribution is -2.22. The second kappa shape index (κ2) is 8.40. The first-order valence-corrected chi connectivity index (χ1v) is 11.8. The Hall–Kier alpha value is -3.59. The van der Waals surface area contributed by atoms with E-state index in [1.54, 1.807) is 0 Å². The van der Waals surface area contributed by atoms with Crippen LogP contribution in [0.3, 0.4) is 0 Å². The number of fused-ring (bicyclic) bond motifs is 3. The molecular formula is C30H31N3. The van der Waals surface area contributed by atoms with Gasteiger partial charge in [-0.3, -0.25) is 4.98 Å². The van der Waals surface area contributed by atoms with Gasteiger partial charge in [0.1, 0.15) is 0 Å². The number of pyridine rings is 2. The van der Waals surface area contributed by atoms with Gasteiger partial charge < -0.3 is 9.30 Å². The normalized spacial score (nSPS) is 11.4. The maximum absolute atomic E-state index is 5.13. The summed E-state index contributed by atoms with van der Waals surface area (Å²) in [6.45, 7) is 12.7. The van der Waals surface area contributed by atoms with E-state index < -0.39 is 0 Å². The topological polar surface area (TPSA) is 20.5 Å². The Morgan fingerprint density at radius 1 is 0.818 bits per heavy atom. The molecule has 0 aliphatic rings. The van der Waals surface area contributed by atoms with Crippen molar-refractivity contribution in [2.75, 3.05) is 11.4 Å². The number of aromatic nitrogens is 2. The molecule has 0 aliphatic carbocycles. The van der Waals surface area contributed by atoms with Gasteiger partial charge >= 0.3 is 0 Å². The molecule has 166 valence electrons. The molecule has 3 heterocycles. The van der Waals surface area contributed by atoms with Gasteiger partial charge in [0.05, 0.1) is 22.2 Å². The molecule has 2 aromatic carbocycles. The van der Waals surface area contributed by atoms with Gasteiger partial charge in [-0.05, 0) is 75.1 Å². The van der Waals surface area contributed by atoms with Crippen LogP contribution < -0.4 is 4.90 Å². The Labute approximate surface area is 196 Å². The average molecular weight is 434 g/mol. The van der Waals surface area contributed by atoms with Crippen molar-refractivity contribution in [3.05, 3.63) is 101 Å². The Balaban J connectivity index is 1.84. The number of nitrogens with zero attached hydrogens (tertiary/aromatic N) is 3. The summed E-state index contributed by atoms with van der Waals surface area (Å²) in [5.74, 6) is 0. The smallest absolute Gasteiger partial charge is 0.0994 e. The zero-order chi connectivity index (χ0) is 23.1. The van der Waals surface area contributed by atoms with Crippen LogP contribution in [0.5, 0.6) is 0 Å². The van der Waals surface area contributed by atoms with Gasteiger partial charge in [0, 0.05) is 30.5 Å². The summed E-state index contributed by atoms with van der Waals surface area (Å²) in [6.07, 6.45) is 2.18. The molecule has 0 amide bonds. The van der Waals surface area contributed by atoms with Crippen molar-refractivity contribution in [2.24, 2.45) is 0 Å². The SMILES string of the molecule is CCN(Cc1ccccc1)c1cc(C)nc2c(-c3c(C)cc(C)cc3C)c3ccccn3c12. The minimum absolute atomic E-state index is 0.869. The third-order valence-corrected chi connectivity index (χ3v) is 6.56. The summed E-state index contributed by atoms with van der Waals surface area (Å²) in [5, 5.41) is 0. The third kappa shape index (κ3) is 3.68. The summed E-state index contributed by atoms with van der Waals surface area (Å²) in [4.78, 5) is 7.59. The number of aryl methyl sites for hydroxylation is 4. The summed E-state index contributed by atoms with van der Waals surface area (Å²) in [6, 6.07) is 24.0. The third-order valence-electron chi connectivity index (χ3n) is 6.56. The summed E-state index contributed by atoms with van der Waals surface area (Å²) < 4.78 is 2.33. The molecule has 0 N–H and O–H groups in total. The molecule has 0 unspecified atom stereocenters. The molecule has 3 aromatic heterocycles. The highest BCUT2D eigenvalue weighted by Gasteiger charge is 2.22. The number of hydrogen-bond donors (Lipinski definition) is 0. The van der Waals surface area contributed by atoms with Crippen LogP contribution in [0.25, 0.3) is 27.7 Å². The van der Waals surface area contributed by atoms with Gasteiger partial charge in [-0.2, -0.15) is 0 Å². The average Bonchev–Trinajstić information content (AvgIpc) is 3.11. The fourth-order valence-electron chi connectivity index (χ4n) is 5.26. The van der Waals surface area contributed by atoms with E-state index >= 15 is 0 Å². The van der Waals surface area contributed by atoms with E-state index in [-0.39, 0.29) is 0 Å². The van der Waals surface area contributed by atoms with Crippen LogP contribution in [0.15, 0.2) is 72.9 Å². The lowest BCUT2D eigenvalue weighted by Gasteiger charge is -2.25. The molecule has 0 aliphatic heterocycles. The van der Waals surface area contributed by atoms with Crippen molar-refractivity contribution in [1.29, 1.82) is 0 Å². The fourth-order valence-corrected chi connectivity index (χ4v) is 5.26. The Kier molecular flexibility index (Phi) is 5.41. The van der Waals surface area contributed by atoms with Gasteiger partial charge in [0.25, 0.3) is 0 Å². The quantitative estimate of drug-likeness (QED) is 0.287. The maximum atomic E-state index is 5.13. The molecular weight excluding hydrogens is 402 g/mol. The molecule has 0 bridgehead atoms. The van der Waals surface area contributed by atoms with E-state index in [0.717, 1.165) is 24.3 Å². The van der Waals surface area contributed by atoms with Crippen LogP contribution in [-0.4, -0.2) is 15.9 Å². The molecule has 0 saturated heterocycles. The number of rotatable bonds is 5. The van der Waals surface area contributed by atoms with Gasteiger partial charge in [-0.25, -0.2) is 0 Å². The van der Waals surface area contributed by atoms with Crippen molar-refractivity contribution in [3.63, 3.8) is 0 Å². The van der Waals surface area contributed by atoms with Crippen LogP contribution in [-0.2, 0) is 6.54 Å². The van der Waals surface area contributed by atoms with E-state index in [4.69, 9.17) is 4.98 Å². The molecule has 3 nitrogen and oxygen atoms in total. The Bertz CT molecular complexity index is 1440. The molecule has 33 heavy (non-hydrogen) atoms. The van der Waals surface area contributed by atoms with E-state index in [2.05, 4.69) is 117 Å². The van der Waals surface area contributed by atoms with Crippen molar-refractivity contribution in [3.8, 4) is 11.1 Å². The van der Waals surface area contributed by atoms with Crippen LogP contribution in [0.4, 0.5) is 5.69 Å². The van der Waals surface area contributed by atoms with Crippen LogP contribution >= 0.6 is 0 Å². The first kappa shape index (κ1) is 21.3. The van der Waals surface area contributed by atoms with Crippen LogP contribution in [0, 0.1) is 27.7 Å². The second-order valence-corrected chi connectivity index (χ2v) is 9.08. The maximum Gasteiger partial charge on any atom is 0.0994 e. The monoisotopic (exact) mass is 433 g/mol. The van der Waals surface area contributed by atoms with E-state index in [1.807, 2.05) is 0 Å². The van der Waals surface area contributed by atoms with E-state index in [1.165, 1.54) is 50.1 Å². The minimum atomic E-state index is 0.869. The van der Waals surface area contributed by atoms with Crippen molar-refractivity contribution < 1.29 is 0 Å². The standard InChI is InChI=1S/C30H31N3/c1-6-32(19-24-12-8-7-9-13-24)26-18-23(5)31-29-28(25-14-10-11-15-33(25)30(26)29)27-21(3)16-20(2)17-22(27)4/h7-18H,6,19H2,1-5H3. The Morgan fingerprint density at radius 3 is 2.21 bits per heavy atom. The first-order chi connectivity index (χ1) is 16.0. The van der Waals surface area contributed by atoms with Crippen LogP contribution in [0.2, 0.25) is 0 Å². The number of hydrogen-bond acceptors (Lipinski definition) is 2. The van der Waals surface area contributed by atoms with Gasteiger partial charge in [0.15, 0.2) is 0 Å². The highest BCUT2D eigenvalue weighted by Crippen LogP contribution is 2.41. The van der Waals surface area contributed by atoms with E-state index in [0.29, 0.717) is 0 Å². The summed E-state index contributed by atoms with van der Waals surface area (Å²) in [7, 11) is 0. The molecule has 0 radical (unpaired) electrons. The predicted molar refractivity (Wildman–Crippen MR) is 140 cm³/mol. The number of benzene rings is 2.